The second-order valence-electron chi connectivity index (χ2n) is 14.8. The van der Waals surface area contributed by atoms with Gasteiger partial charge in [0.2, 0.25) is 23.7 Å². The Bertz CT molecular complexity index is 2060. The van der Waals surface area contributed by atoms with Crippen LogP contribution in [0.15, 0.2) is 96.0 Å². The summed E-state index contributed by atoms with van der Waals surface area (Å²) in [5.41, 5.74) is 1.14. The molecule has 20 heteroatoms. The Labute approximate surface area is 358 Å². The van der Waals surface area contributed by atoms with E-state index < -0.39 is 78.4 Å². The van der Waals surface area contributed by atoms with E-state index in [9.17, 15) is 33.6 Å². The number of aliphatic imine (C=N–C) groups is 1. The first kappa shape index (κ1) is 47.2. The molecule has 4 rings (SSSR count). The first-order valence-corrected chi connectivity index (χ1v) is 19.5. The highest BCUT2D eigenvalue weighted by molar-refractivity contribution is 6.06. The molecule has 20 nitrogen and oxygen atoms in total. The number of imide groups is 1. The fourth-order valence-corrected chi connectivity index (χ4v) is 5.62. The van der Waals surface area contributed by atoms with E-state index in [0.29, 0.717) is 16.7 Å². The van der Waals surface area contributed by atoms with Crippen molar-refractivity contribution < 1.29 is 52.5 Å². The highest BCUT2D eigenvalue weighted by Crippen LogP contribution is 2.15. The zero-order chi connectivity index (χ0) is 45.1. The molecule has 1 heterocycles. The molecule has 0 spiro atoms. The average molecular weight is 858 g/mol. The lowest BCUT2D eigenvalue weighted by Crippen LogP contribution is -2.51. The van der Waals surface area contributed by atoms with Crippen LogP contribution in [0.2, 0.25) is 0 Å². The Morgan fingerprint density at radius 3 is 1.81 bits per heavy atom. The van der Waals surface area contributed by atoms with Gasteiger partial charge in [-0.3, -0.25) is 30.9 Å². The van der Waals surface area contributed by atoms with Crippen LogP contribution >= 0.6 is 0 Å². The maximum absolute atomic E-state index is 13.6. The average Bonchev–Trinajstić information content (AvgIpc) is 3.32. The van der Waals surface area contributed by atoms with Crippen LogP contribution in [0, 0.1) is 5.41 Å². The topological polar surface area (TPSA) is 259 Å². The molecule has 1 aliphatic rings. The van der Waals surface area contributed by atoms with Crippen molar-refractivity contribution in [2.24, 2.45) is 4.99 Å². The number of likely N-dealkylation sites (N-methyl/N-ethyl adjacent to an activating group) is 1. The molecule has 330 valence electrons. The van der Waals surface area contributed by atoms with Crippen molar-refractivity contribution >= 4 is 54.1 Å². The molecule has 8 amide bonds. The number of ether oxygens (including phenoxy) is 4. The predicted molar refractivity (Wildman–Crippen MR) is 223 cm³/mol. The fraction of sp³-hybridized carbons (Fsp3) is 0.357. The zero-order valence-corrected chi connectivity index (χ0v) is 34.8. The van der Waals surface area contributed by atoms with E-state index in [1.807, 2.05) is 11.4 Å². The first-order chi connectivity index (χ1) is 29.6. The molecule has 0 aromatic heterocycles. The van der Waals surface area contributed by atoms with Crippen LogP contribution < -0.4 is 26.6 Å². The van der Waals surface area contributed by atoms with Crippen molar-refractivity contribution in [2.75, 3.05) is 20.1 Å². The highest BCUT2D eigenvalue weighted by Gasteiger charge is 2.34. The minimum absolute atomic E-state index is 0.0754. The minimum Gasteiger partial charge on any atom is -0.444 e. The van der Waals surface area contributed by atoms with Gasteiger partial charge in [0.25, 0.3) is 0 Å². The van der Waals surface area contributed by atoms with E-state index in [2.05, 4.69) is 26.3 Å². The molecule has 0 bridgehead atoms. The third kappa shape index (κ3) is 16.6. The number of guanidine groups is 2. The van der Waals surface area contributed by atoms with Gasteiger partial charge in [-0.05, 0) is 50.3 Å². The summed E-state index contributed by atoms with van der Waals surface area (Å²) < 4.78 is 21.0. The maximum Gasteiger partial charge on any atom is 0.416 e. The second kappa shape index (κ2) is 23.3. The van der Waals surface area contributed by atoms with E-state index in [1.54, 1.807) is 106 Å². The largest absolute Gasteiger partial charge is 0.444 e. The molecule has 0 radical (unpaired) electrons. The molecular weight excluding hydrogens is 807 g/mol. The van der Waals surface area contributed by atoms with Gasteiger partial charge in [0.05, 0.1) is 6.54 Å². The van der Waals surface area contributed by atoms with Crippen LogP contribution in [0.25, 0.3) is 0 Å². The molecule has 6 N–H and O–H groups in total. The third-order valence-electron chi connectivity index (χ3n) is 8.70. The second-order valence-corrected chi connectivity index (χ2v) is 14.8. The van der Waals surface area contributed by atoms with E-state index in [0.717, 1.165) is 4.90 Å². The molecule has 3 aromatic rings. The third-order valence-corrected chi connectivity index (χ3v) is 8.70. The molecular formula is C42H51N9O11. The van der Waals surface area contributed by atoms with Gasteiger partial charge in [-0.2, -0.15) is 0 Å². The quantitative estimate of drug-likeness (QED) is 0.0840. The summed E-state index contributed by atoms with van der Waals surface area (Å²) in [4.78, 5) is 96.6. The van der Waals surface area contributed by atoms with Crippen molar-refractivity contribution in [3.63, 3.8) is 0 Å². The predicted octanol–water partition coefficient (Wildman–Crippen LogP) is 4.50. The molecule has 1 saturated heterocycles. The number of rotatable bonds is 12. The van der Waals surface area contributed by atoms with Gasteiger partial charge in [0.1, 0.15) is 31.5 Å². The monoisotopic (exact) mass is 857 g/mol. The van der Waals surface area contributed by atoms with Crippen LogP contribution in [0.4, 0.5) is 24.0 Å². The Morgan fingerprint density at radius 1 is 0.758 bits per heavy atom. The summed E-state index contributed by atoms with van der Waals surface area (Å²) in [5.74, 6) is -2.17. The zero-order valence-electron chi connectivity index (χ0n) is 34.8. The number of urea groups is 1. The van der Waals surface area contributed by atoms with Crippen LogP contribution in [0.3, 0.4) is 0 Å². The Balaban J connectivity index is 1.38. The van der Waals surface area contributed by atoms with Crippen LogP contribution in [0.5, 0.6) is 0 Å². The molecule has 1 fully saturated rings. The lowest BCUT2D eigenvalue weighted by atomic mass is 10.1. The summed E-state index contributed by atoms with van der Waals surface area (Å²) in [5, 5.41) is 20.0. The number of amides is 8. The van der Waals surface area contributed by atoms with Crippen molar-refractivity contribution in [2.45, 2.75) is 77.5 Å². The minimum atomic E-state index is -1.22. The van der Waals surface area contributed by atoms with Crippen molar-refractivity contribution in [1.82, 2.24) is 36.4 Å². The summed E-state index contributed by atoms with van der Waals surface area (Å²) >= 11 is 0. The van der Waals surface area contributed by atoms with Crippen molar-refractivity contribution in [3.8, 4) is 0 Å². The van der Waals surface area contributed by atoms with Gasteiger partial charge in [0, 0.05) is 26.1 Å². The van der Waals surface area contributed by atoms with Gasteiger partial charge in [-0.1, -0.05) is 91.0 Å². The molecule has 1 unspecified atom stereocenters. The number of hydrogen-bond donors (Lipinski definition) is 6. The number of hydrogen-bond acceptors (Lipinski definition) is 13. The summed E-state index contributed by atoms with van der Waals surface area (Å²) in [6, 6.07) is 23.4. The van der Waals surface area contributed by atoms with Gasteiger partial charge >= 0.3 is 30.4 Å². The molecule has 3 aromatic carbocycles. The fourth-order valence-electron chi connectivity index (χ4n) is 5.62. The number of nitrogens with zero attached hydrogens (tertiary/aromatic N) is 3. The normalized spacial score (nSPS) is 15.2. The molecule has 62 heavy (non-hydrogen) atoms. The van der Waals surface area contributed by atoms with Crippen molar-refractivity contribution in [3.05, 3.63) is 108 Å². The summed E-state index contributed by atoms with van der Waals surface area (Å²) in [6.07, 6.45) is -3.85. The molecule has 2 atom stereocenters. The Hall–Kier alpha value is -7.51. The highest BCUT2D eigenvalue weighted by atomic mass is 16.6. The number of alkyl carbamates (subject to hydrolysis) is 3. The van der Waals surface area contributed by atoms with E-state index in [1.165, 1.54) is 11.9 Å². The van der Waals surface area contributed by atoms with E-state index >= 15 is 0 Å². The van der Waals surface area contributed by atoms with Crippen LogP contribution in [0.1, 0.15) is 56.7 Å². The molecule has 1 aliphatic heterocycles. The lowest BCUT2D eigenvalue weighted by Gasteiger charge is -2.24. The number of nitrogens with one attached hydrogen (secondary N) is 6. The molecule has 0 aliphatic carbocycles. The standard InChI is InChI=1S/C42H51N9O11/c1-42(2,3)62-40(57)48-36(47-37(54)49-39(56)60-26-29-17-10-6-11-18-29)44-24-32-34(53)45-31(23-33(52)50(32)4)21-14-22-51(41(58)61-27-30-19-12-7-13-20-30)35(43)46-38(55)59-25-28-15-8-5-9-16-28/h5-13,15-20,31-32H,14,21-27H2,1-4H3,(H,45,53)(H2,43,46,55)(H3,44,47,48,49,54,56,57)/t31-,32?/m0/s1. The van der Waals surface area contributed by atoms with Gasteiger partial charge in [-0.15, -0.1) is 0 Å². The summed E-state index contributed by atoms with van der Waals surface area (Å²) in [6.45, 7) is 3.92. The summed E-state index contributed by atoms with van der Waals surface area (Å²) in [7, 11) is 1.39. The van der Waals surface area contributed by atoms with E-state index in [4.69, 9.17) is 24.4 Å². The number of carbonyl (C=O) groups is 7. The van der Waals surface area contributed by atoms with Gasteiger partial charge in [0.15, 0.2) is 0 Å². The Morgan fingerprint density at radius 2 is 1.27 bits per heavy atom. The van der Waals surface area contributed by atoms with E-state index in [-0.39, 0.29) is 45.6 Å². The van der Waals surface area contributed by atoms with Gasteiger partial charge < -0.3 is 29.2 Å². The number of carbonyl (C=O) groups excluding carboxylic acids is 7. The van der Waals surface area contributed by atoms with Gasteiger partial charge in [-0.25, -0.2) is 39.2 Å². The lowest BCUT2D eigenvalue weighted by molar-refractivity contribution is -0.135. The SMILES string of the molecule is CN1C(=O)C[C@H](CCCN(C(=N)NC(=O)OCc2ccccc2)C(=O)OCc2ccccc2)NC(=O)C1CN=C(NC(=O)NC(=O)OCc1ccccc1)NC(=O)OC(C)(C)C. The van der Waals surface area contributed by atoms with Crippen LogP contribution in [-0.4, -0.2) is 102 Å². The van der Waals surface area contributed by atoms with Crippen molar-refractivity contribution in [1.29, 1.82) is 5.41 Å². The van der Waals surface area contributed by atoms with Crippen LogP contribution in [-0.2, 0) is 48.4 Å². The maximum atomic E-state index is 13.6. The first-order valence-electron chi connectivity index (χ1n) is 19.5. The molecule has 0 saturated carbocycles. The smallest absolute Gasteiger partial charge is 0.416 e. The number of benzene rings is 3. The Kier molecular flexibility index (Phi) is 17.7.